The smallest absolute Gasteiger partial charge is 0.260 e. The Morgan fingerprint density at radius 1 is 1.52 bits per heavy atom. The summed E-state index contributed by atoms with van der Waals surface area (Å²) in [4.78, 5) is 18.7. The van der Waals surface area contributed by atoms with Crippen LogP contribution < -0.4 is 4.90 Å². The number of hydrogen-bond donors (Lipinski definition) is 0. The van der Waals surface area contributed by atoms with Crippen molar-refractivity contribution in [3.63, 3.8) is 0 Å². The van der Waals surface area contributed by atoms with E-state index in [2.05, 4.69) is 19.9 Å². The molecule has 1 atom stereocenters. The fourth-order valence-electron chi connectivity index (χ4n) is 2.79. The van der Waals surface area contributed by atoms with Crippen LogP contribution in [0.1, 0.15) is 31.7 Å². The minimum Gasteiger partial charge on any atom is -0.381 e. The minimum atomic E-state index is -0.539. The fraction of sp³-hybridized carbons (Fsp3) is 0.500. The van der Waals surface area contributed by atoms with Crippen molar-refractivity contribution in [2.24, 2.45) is 0 Å². The van der Waals surface area contributed by atoms with Crippen molar-refractivity contribution in [3.05, 3.63) is 23.2 Å². The standard InChI is InChI=1S/C18H21N3O3S/c1-18(2,7-4-8-19)17-20-13-6-5-12(9-15(13)25-17)21-11-24-14(10-23-3)16(21)22/h5-6,9,14H,4,7,10-11H2,1-3H3/t14-/m1/s1. The van der Waals surface area contributed by atoms with Crippen molar-refractivity contribution in [1.29, 1.82) is 5.26 Å². The number of nitriles is 1. The van der Waals surface area contributed by atoms with Crippen molar-refractivity contribution in [2.45, 2.75) is 38.2 Å². The highest BCUT2D eigenvalue weighted by Gasteiger charge is 2.33. The molecule has 25 heavy (non-hydrogen) atoms. The van der Waals surface area contributed by atoms with Gasteiger partial charge in [0, 0.05) is 24.6 Å². The van der Waals surface area contributed by atoms with Crippen LogP contribution >= 0.6 is 11.3 Å². The first-order valence-electron chi connectivity index (χ1n) is 8.16. The topological polar surface area (TPSA) is 75.5 Å². The molecule has 1 fully saturated rings. The maximum atomic E-state index is 12.4. The van der Waals surface area contributed by atoms with Gasteiger partial charge in [-0.2, -0.15) is 5.26 Å². The molecule has 7 heteroatoms. The Morgan fingerprint density at radius 3 is 3.04 bits per heavy atom. The first-order chi connectivity index (χ1) is 12.0. The van der Waals surface area contributed by atoms with Crippen LogP contribution in [0.2, 0.25) is 0 Å². The molecule has 0 spiro atoms. The Hall–Kier alpha value is -2.01. The second-order valence-corrected chi connectivity index (χ2v) is 7.75. The van der Waals surface area contributed by atoms with Gasteiger partial charge in [-0.1, -0.05) is 13.8 Å². The van der Waals surface area contributed by atoms with Crippen LogP contribution in [-0.4, -0.2) is 37.4 Å². The molecule has 132 valence electrons. The van der Waals surface area contributed by atoms with Gasteiger partial charge in [0.2, 0.25) is 0 Å². The molecule has 6 nitrogen and oxygen atoms in total. The van der Waals surface area contributed by atoms with Gasteiger partial charge in [0.05, 0.1) is 27.9 Å². The monoisotopic (exact) mass is 359 g/mol. The van der Waals surface area contributed by atoms with Crippen molar-refractivity contribution < 1.29 is 14.3 Å². The lowest BCUT2D eigenvalue weighted by molar-refractivity contribution is -0.124. The van der Waals surface area contributed by atoms with E-state index in [9.17, 15) is 4.79 Å². The Morgan fingerprint density at radius 2 is 2.32 bits per heavy atom. The average molecular weight is 359 g/mol. The molecule has 1 saturated heterocycles. The molecule has 2 heterocycles. The third kappa shape index (κ3) is 3.52. The molecule has 1 aromatic heterocycles. The molecule has 2 aromatic rings. The Kier molecular flexibility index (Phi) is 5.04. The van der Waals surface area contributed by atoms with Crippen LogP contribution in [0.15, 0.2) is 18.2 Å². The maximum Gasteiger partial charge on any atom is 0.260 e. The molecule has 3 rings (SSSR count). The molecule has 0 unspecified atom stereocenters. The number of carbonyl (C=O) groups excluding carboxylic acids is 1. The van der Waals surface area contributed by atoms with E-state index < -0.39 is 6.10 Å². The Bertz CT molecular complexity index is 825. The second-order valence-electron chi connectivity index (χ2n) is 6.72. The quantitative estimate of drug-likeness (QED) is 0.791. The number of anilines is 1. The van der Waals surface area contributed by atoms with Crippen molar-refractivity contribution in [1.82, 2.24) is 4.98 Å². The van der Waals surface area contributed by atoms with E-state index in [-0.39, 0.29) is 24.7 Å². The largest absolute Gasteiger partial charge is 0.381 e. The number of benzene rings is 1. The van der Waals surface area contributed by atoms with Crippen LogP contribution in [0.4, 0.5) is 5.69 Å². The highest BCUT2D eigenvalue weighted by molar-refractivity contribution is 7.18. The van der Waals surface area contributed by atoms with Gasteiger partial charge in [0.15, 0.2) is 6.10 Å². The number of rotatable bonds is 6. The fourth-order valence-corrected chi connectivity index (χ4v) is 3.92. The highest BCUT2D eigenvalue weighted by Crippen LogP contribution is 2.36. The van der Waals surface area contributed by atoms with Gasteiger partial charge >= 0.3 is 0 Å². The predicted molar refractivity (Wildman–Crippen MR) is 96.6 cm³/mol. The van der Waals surface area contributed by atoms with Crippen LogP contribution in [-0.2, 0) is 19.7 Å². The van der Waals surface area contributed by atoms with E-state index in [0.717, 1.165) is 27.3 Å². The van der Waals surface area contributed by atoms with E-state index in [0.29, 0.717) is 6.42 Å². The molecule has 0 saturated carbocycles. The zero-order valence-corrected chi connectivity index (χ0v) is 15.4. The second kappa shape index (κ2) is 7.08. The number of hydrogen-bond acceptors (Lipinski definition) is 6. The summed E-state index contributed by atoms with van der Waals surface area (Å²) in [5.41, 5.74) is 1.58. The summed E-state index contributed by atoms with van der Waals surface area (Å²) in [6.07, 6.45) is 0.741. The van der Waals surface area contributed by atoms with E-state index in [1.54, 1.807) is 23.3 Å². The summed E-state index contributed by atoms with van der Waals surface area (Å²) in [6, 6.07) is 8.01. The molecule has 1 aromatic carbocycles. The molecule has 0 bridgehead atoms. The Labute approximate surface area is 151 Å². The Balaban J connectivity index is 1.86. The van der Waals surface area contributed by atoms with Gasteiger partial charge in [0.1, 0.15) is 6.73 Å². The summed E-state index contributed by atoms with van der Waals surface area (Å²) in [5, 5.41) is 9.84. The van der Waals surface area contributed by atoms with Gasteiger partial charge in [-0.15, -0.1) is 11.3 Å². The summed E-state index contributed by atoms with van der Waals surface area (Å²) >= 11 is 1.62. The molecule has 0 radical (unpaired) electrons. The summed E-state index contributed by atoms with van der Waals surface area (Å²) in [6.45, 7) is 4.71. The molecular formula is C18H21N3O3S. The zero-order valence-electron chi connectivity index (χ0n) is 14.6. The third-order valence-electron chi connectivity index (χ3n) is 4.39. The summed E-state index contributed by atoms with van der Waals surface area (Å²) in [7, 11) is 1.55. The predicted octanol–water partition coefficient (Wildman–Crippen LogP) is 3.21. The number of nitrogens with zero attached hydrogens (tertiary/aromatic N) is 3. The van der Waals surface area contributed by atoms with Crippen molar-refractivity contribution in [2.75, 3.05) is 25.3 Å². The van der Waals surface area contributed by atoms with Crippen molar-refractivity contribution in [3.8, 4) is 6.07 Å². The molecule has 0 aliphatic carbocycles. The first kappa shape index (κ1) is 17.8. The molecule has 1 aliphatic rings. The van der Waals surface area contributed by atoms with Gasteiger partial charge in [-0.25, -0.2) is 4.98 Å². The summed E-state index contributed by atoms with van der Waals surface area (Å²) < 4.78 is 11.5. The van der Waals surface area contributed by atoms with Crippen LogP contribution in [0, 0.1) is 11.3 Å². The molecule has 1 amide bonds. The third-order valence-corrected chi connectivity index (χ3v) is 5.77. The van der Waals surface area contributed by atoms with Crippen LogP contribution in [0.25, 0.3) is 10.2 Å². The molecular weight excluding hydrogens is 338 g/mol. The average Bonchev–Trinajstić information content (AvgIpc) is 3.17. The number of ether oxygens (including phenoxy) is 2. The summed E-state index contributed by atoms with van der Waals surface area (Å²) in [5.74, 6) is -0.0831. The van der Waals surface area contributed by atoms with Crippen LogP contribution in [0.5, 0.6) is 0 Å². The zero-order chi connectivity index (χ0) is 18.0. The van der Waals surface area contributed by atoms with Crippen molar-refractivity contribution >= 4 is 33.1 Å². The van der Waals surface area contributed by atoms with E-state index in [1.165, 1.54) is 0 Å². The molecule has 0 N–H and O–H groups in total. The molecule has 1 aliphatic heterocycles. The van der Waals surface area contributed by atoms with E-state index >= 15 is 0 Å². The lowest BCUT2D eigenvalue weighted by Gasteiger charge is -2.19. The lowest BCUT2D eigenvalue weighted by atomic mass is 9.89. The lowest BCUT2D eigenvalue weighted by Crippen LogP contribution is -2.31. The van der Waals surface area contributed by atoms with E-state index in [4.69, 9.17) is 19.7 Å². The SMILES string of the molecule is COC[C@H]1OCN(c2ccc3nc(C(C)(C)CCC#N)sc3c2)C1=O. The van der Waals surface area contributed by atoms with Gasteiger partial charge in [0.25, 0.3) is 5.91 Å². The number of amides is 1. The number of methoxy groups -OCH3 is 1. The minimum absolute atomic E-state index is 0.0831. The number of thiazole rings is 1. The van der Waals surface area contributed by atoms with Crippen LogP contribution in [0.3, 0.4) is 0 Å². The van der Waals surface area contributed by atoms with Gasteiger partial charge < -0.3 is 9.47 Å². The first-order valence-corrected chi connectivity index (χ1v) is 8.98. The highest BCUT2D eigenvalue weighted by atomic mass is 32.1. The number of carbonyl (C=O) groups is 1. The van der Waals surface area contributed by atoms with E-state index in [1.807, 2.05) is 18.2 Å². The number of fused-ring (bicyclic) bond motifs is 1. The number of aromatic nitrogens is 1. The maximum absolute atomic E-state index is 12.4. The normalized spacial score (nSPS) is 18.1. The van der Waals surface area contributed by atoms with Gasteiger partial charge in [-0.3, -0.25) is 9.69 Å². The van der Waals surface area contributed by atoms with Gasteiger partial charge in [-0.05, 0) is 24.6 Å².